The Morgan fingerprint density at radius 3 is 2.06 bits per heavy atom. The van der Waals surface area contributed by atoms with Crippen LogP contribution in [0.3, 0.4) is 0 Å². The van der Waals surface area contributed by atoms with Crippen LogP contribution in [0.1, 0.15) is 58.4 Å². The number of amides is 2. The predicted molar refractivity (Wildman–Crippen MR) is 120 cm³/mol. The van der Waals surface area contributed by atoms with E-state index >= 15 is 0 Å². The predicted octanol–water partition coefficient (Wildman–Crippen LogP) is 4.98. The number of carbonyl (C=O) groups is 2. The fourth-order valence-electron chi connectivity index (χ4n) is 2.63. The molecule has 0 aliphatic rings. The lowest BCUT2D eigenvalue weighted by Crippen LogP contribution is -2.44. The van der Waals surface area contributed by atoms with Crippen LogP contribution in [0.25, 0.3) is 11.3 Å². The van der Waals surface area contributed by atoms with Gasteiger partial charge in [-0.05, 0) is 66.2 Å². The number of imide groups is 1. The average molecular weight is 434 g/mol. The van der Waals surface area contributed by atoms with Crippen molar-refractivity contribution in [1.29, 1.82) is 5.26 Å². The van der Waals surface area contributed by atoms with Gasteiger partial charge in [0.15, 0.2) is 0 Å². The fourth-order valence-corrected chi connectivity index (χ4v) is 2.63. The number of hydrogen-bond acceptors (Lipinski definition) is 7. The first-order valence-electron chi connectivity index (χ1n) is 9.87. The summed E-state index contributed by atoms with van der Waals surface area (Å²) < 4.78 is 10.8. The second kappa shape index (κ2) is 9.07. The molecule has 0 aliphatic heterocycles. The maximum absolute atomic E-state index is 12.9. The number of terminal acetylenes is 1. The van der Waals surface area contributed by atoms with Gasteiger partial charge in [0.25, 0.3) is 0 Å². The molecule has 0 saturated carbocycles. The number of aromatic nitrogens is 2. The molecule has 0 saturated heterocycles. The highest BCUT2D eigenvalue weighted by molar-refractivity contribution is 6.08. The molecule has 0 N–H and O–H groups in total. The van der Waals surface area contributed by atoms with E-state index in [1.807, 2.05) is 0 Å². The third kappa shape index (κ3) is 6.05. The third-order valence-electron chi connectivity index (χ3n) is 3.94. The lowest BCUT2D eigenvalue weighted by molar-refractivity contribution is 0.0427. The molecule has 8 nitrogen and oxygen atoms in total. The van der Waals surface area contributed by atoms with Gasteiger partial charge in [0.2, 0.25) is 5.95 Å². The van der Waals surface area contributed by atoms with Crippen LogP contribution in [0, 0.1) is 30.6 Å². The molecule has 2 aromatic rings. The molecule has 1 heterocycles. The zero-order valence-electron chi connectivity index (χ0n) is 19.3. The Balaban J connectivity index is 2.70. The number of nitrogens with zero attached hydrogens (tertiary/aromatic N) is 4. The summed E-state index contributed by atoms with van der Waals surface area (Å²) in [7, 11) is 0. The lowest BCUT2D eigenvalue weighted by Gasteiger charge is -2.27. The molecule has 0 bridgehead atoms. The van der Waals surface area contributed by atoms with Gasteiger partial charge in [-0.15, -0.1) is 11.3 Å². The number of nitriles is 1. The van der Waals surface area contributed by atoms with Crippen LogP contribution < -0.4 is 4.90 Å². The molecule has 0 radical (unpaired) electrons. The standard InChI is InChI=1S/C24H26N4O4/c1-9-17-13-19(18-12-10-11-16(14-25)15(18)2)27-20(26-17)28(21(29)31-23(3,4)5)22(30)32-24(6,7)8/h1,10-13H,2-8H3. The first kappa shape index (κ1) is 24.4. The number of rotatable bonds is 2. The second-order valence-corrected chi connectivity index (χ2v) is 8.97. The van der Waals surface area contributed by atoms with Gasteiger partial charge in [-0.2, -0.15) is 5.26 Å². The highest BCUT2D eigenvalue weighted by atomic mass is 16.6. The molecule has 166 valence electrons. The average Bonchev–Trinajstić information content (AvgIpc) is 2.65. The number of carbonyl (C=O) groups excluding carboxylic acids is 2. The molecule has 0 spiro atoms. The van der Waals surface area contributed by atoms with Crippen LogP contribution in [0.2, 0.25) is 0 Å². The molecular formula is C24H26N4O4. The summed E-state index contributed by atoms with van der Waals surface area (Å²) in [4.78, 5) is 35.0. The molecule has 0 atom stereocenters. The van der Waals surface area contributed by atoms with Gasteiger partial charge < -0.3 is 9.47 Å². The number of anilines is 1. The molecule has 0 unspecified atom stereocenters. The highest BCUT2D eigenvalue weighted by Gasteiger charge is 2.35. The van der Waals surface area contributed by atoms with Gasteiger partial charge in [-0.3, -0.25) is 0 Å². The summed E-state index contributed by atoms with van der Waals surface area (Å²) in [6, 6.07) is 8.80. The Hall–Kier alpha value is -3.91. The lowest BCUT2D eigenvalue weighted by atomic mass is 10.0. The molecule has 2 rings (SSSR count). The van der Waals surface area contributed by atoms with E-state index < -0.39 is 23.4 Å². The molecule has 1 aromatic carbocycles. The van der Waals surface area contributed by atoms with E-state index in [2.05, 4.69) is 22.0 Å². The van der Waals surface area contributed by atoms with Gasteiger partial charge in [0, 0.05) is 5.56 Å². The van der Waals surface area contributed by atoms with E-state index in [1.54, 1.807) is 66.7 Å². The summed E-state index contributed by atoms with van der Waals surface area (Å²) in [5, 5.41) is 9.35. The largest absolute Gasteiger partial charge is 0.443 e. The molecule has 0 fully saturated rings. The second-order valence-electron chi connectivity index (χ2n) is 8.97. The van der Waals surface area contributed by atoms with E-state index in [0.29, 0.717) is 27.3 Å². The molecule has 32 heavy (non-hydrogen) atoms. The van der Waals surface area contributed by atoms with E-state index in [0.717, 1.165) is 0 Å². The van der Waals surface area contributed by atoms with Gasteiger partial charge in [0.1, 0.15) is 16.9 Å². The Bertz CT molecular complexity index is 1100. The molecular weight excluding hydrogens is 408 g/mol. The smallest absolute Gasteiger partial charge is 0.427 e. The van der Waals surface area contributed by atoms with Crippen molar-refractivity contribution in [3.8, 4) is 29.7 Å². The van der Waals surface area contributed by atoms with Crippen LogP contribution in [0.4, 0.5) is 15.5 Å². The number of hydrogen-bond donors (Lipinski definition) is 0. The summed E-state index contributed by atoms with van der Waals surface area (Å²) in [6.07, 6.45) is 3.56. The number of benzene rings is 1. The zero-order valence-corrected chi connectivity index (χ0v) is 19.3. The van der Waals surface area contributed by atoms with Crippen molar-refractivity contribution in [3.63, 3.8) is 0 Å². The zero-order chi connectivity index (χ0) is 24.3. The number of ether oxygens (including phenoxy) is 2. The third-order valence-corrected chi connectivity index (χ3v) is 3.94. The van der Waals surface area contributed by atoms with Crippen molar-refractivity contribution in [1.82, 2.24) is 9.97 Å². The normalized spacial score (nSPS) is 11.2. The van der Waals surface area contributed by atoms with Crippen molar-refractivity contribution in [3.05, 3.63) is 41.1 Å². The highest BCUT2D eigenvalue weighted by Crippen LogP contribution is 2.27. The molecule has 8 heteroatoms. The van der Waals surface area contributed by atoms with Crippen LogP contribution in [0.5, 0.6) is 0 Å². The minimum Gasteiger partial charge on any atom is -0.443 e. The Kier molecular flexibility index (Phi) is 6.90. The molecule has 2 amide bonds. The van der Waals surface area contributed by atoms with Crippen LogP contribution in [-0.2, 0) is 9.47 Å². The topological polar surface area (TPSA) is 105 Å². The van der Waals surface area contributed by atoms with E-state index in [1.165, 1.54) is 6.07 Å². The molecule has 0 aliphatic carbocycles. The Morgan fingerprint density at radius 2 is 1.59 bits per heavy atom. The monoisotopic (exact) mass is 434 g/mol. The van der Waals surface area contributed by atoms with E-state index in [-0.39, 0.29) is 11.6 Å². The summed E-state index contributed by atoms with van der Waals surface area (Å²) in [5.74, 6) is 2.12. The van der Waals surface area contributed by atoms with Crippen molar-refractivity contribution in [2.45, 2.75) is 59.7 Å². The summed E-state index contributed by atoms with van der Waals surface area (Å²) in [6.45, 7) is 11.8. The Labute approximate surface area is 188 Å². The maximum atomic E-state index is 12.9. The molecule has 1 aromatic heterocycles. The first-order chi connectivity index (χ1) is 14.8. The van der Waals surface area contributed by atoms with Crippen molar-refractivity contribution >= 4 is 18.1 Å². The fraction of sp³-hybridized carbons (Fsp3) is 0.375. The first-order valence-corrected chi connectivity index (χ1v) is 9.87. The van der Waals surface area contributed by atoms with Gasteiger partial charge in [-0.1, -0.05) is 18.1 Å². The SMILES string of the molecule is C#Cc1cc(-c2cccc(C#N)c2C)nc(N(C(=O)OC(C)(C)C)C(=O)OC(C)(C)C)n1. The Morgan fingerprint density at radius 1 is 1.03 bits per heavy atom. The summed E-state index contributed by atoms with van der Waals surface area (Å²) >= 11 is 0. The minimum atomic E-state index is -1.01. The van der Waals surface area contributed by atoms with E-state index in [9.17, 15) is 14.9 Å². The van der Waals surface area contributed by atoms with Crippen molar-refractivity contribution < 1.29 is 19.1 Å². The van der Waals surface area contributed by atoms with Crippen molar-refractivity contribution in [2.75, 3.05) is 4.90 Å². The van der Waals surface area contributed by atoms with Crippen LogP contribution in [-0.4, -0.2) is 33.4 Å². The quantitative estimate of drug-likeness (QED) is 0.614. The van der Waals surface area contributed by atoms with Gasteiger partial charge in [0.05, 0.1) is 17.3 Å². The van der Waals surface area contributed by atoms with Crippen LogP contribution in [0.15, 0.2) is 24.3 Å². The van der Waals surface area contributed by atoms with Crippen LogP contribution >= 0.6 is 0 Å². The van der Waals surface area contributed by atoms with Gasteiger partial charge in [-0.25, -0.2) is 19.6 Å². The maximum Gasteiger partial charge on any atom is 0.427 e. The van der Waals surface area contributed by atoms with Crippen molar-refractivity contribution in [2.24, 2.45) is 0 Å². The minimum absolute atomic E-state index is 0.142. The van der Waals surface area contributed by atoms with E-state index in [4.69, 9.17) is 15.9 Å². The van der Waals surface area contributed by atoms with Gasteiger partial charge >= 0.3 is 12.2 Å². The summed E-state index contributed by atoms with van der Waals surface area (Å²) in [5.41, 5.74) is 0.448.